The third-order valence-corrected chi connectivity index (χ3v) is 5.96. The highest BCUT2D eigenvalue weighted by atomic mass is 35.5. The van der Waals surface area contributed by atoms with Crippen LogP contribution in [0, 0.1) is 0 Å². The highest BCUT2D eigenvalue weighted by Crippen LogP contribution is 2.32. The maximum atomic E-state index is 13.0. The van der Waals surface area contributed by atoms with Crippen LogP contribution in [0.1, 0.15) is 24.2 Å². The summed E-state index contributed by atoms with van der Waals surface area (Å²) in [5, 5.41) is 3.56. The van der Waals surface area contributed by atoms with Crippen LogP contribution < -0.4 is 19.5 Å². The third kappa shape index (κ3) is 5.69. The first kappa shape index (κ1) is 23.2. The molecule has 2 aromatic rings. The molecule has 2 aromatic carbocycles. The number of fused-ring (bicyclic) bond motifs is 1. The molecule has 0 aromatic heterocycles. The second kappa shape index (κ2) is 9.89. The summed E-state index contributed by atoms with van der Waals surface area (Å²) in [6.07, 6.45) is 0. The normalized spacial score (nSPS) is 15.9. The van der Waals surface area contributed by atoms with Crippen LogP contribution in [-0.4, -0.2) is 73.3 Å². The molecule has 1 saturated heterocycles. The van der Waals surface area contributed by atoms with Gasteiger partial charge in [-0.3, -0.25) is 14.5 Å². The number of hydrogen-bond acceptors (Lipinski definition) is 6. The molecular weight excluding hydrogens is 446 g/mol. The highest BCUT2D eigenvalue weighted by molar-refractivity contribution is 6.30. The van der Waals surface area contributed by atoms with E-state index in [1.165, 1.54) is 0 Å². The number of benzene rings is 2. The van der Waals surface area contributed by atoms with E-state index < -0.39 is 5.60 Å². The van der Waals surface area contributed by atoms with Crippen LogP contribution >= 0.6 is 11.6 Å². The second-order valence-electron chi connectivity index (χ2n) is 8.52. The minimum absolute atomic E-state index is 0.0480. The quantitative estimate of drug-likeness (QED) is 0.666. The molecule has 2 amide bonds. The summed E-state index contributed by atoms with van der Waals surface area (Å²) in [7, 11) is 0. The summed E-state index contributed by atoms with van der Waals surface area (Å²) in [5.74, 6) is 1.65. The van der Waals surface area contributed by atoms with Gasteiger partial charge in [-0.2, -0.15) is 0 Å². The smallest absolute Gasteiger partial charge is 0.266 e. The standard InChI is InChI=1S/C24H28ClN3O5/c1-24(2,33-19-6-4-18(25)5-7-19)23(30)28-13-11-27(12-14-28)10-9-26-22(29)17-3-8-20-21(15-17)32-16-31-20/h3-8,15H,9-14,16H2,1-2H3,(H,26,29). The Hall–Kier alpha value is -2.97. The lowest BCUT2D eigenvalue weighted by Crippen LogP contribution is -2.56. The average molecular weight is 474 g/mol. The summed E-state index contributed by atoms with van der Waals surface area (Å²) < 4.78 is 16.5. The number of piperazine rings is 1. The number of rotatable bonds is 7. The lowest BCUT2D eigenvalue weighted by atomic mass is 10.1. The highest BCUT2D eigenvalue weighted by Gasteiger charge is 2.35. The van der Waals surface area contributed by atoms with E-state index in [4.69, 9.17) is 25.8 Å². The van der Waals surface area contributed by atoms with Crippen molar-refractivity contribution < 1.29 is 23.8 Å². The molecule has 33 heavy (non-hydrogen) atoms. The van der Waals surface area contributed by atoms with Gasteiger partial charge in [-0.15, -0.1) is 0 Å². The predicted molar refractivity (Wildman–Crippen MR) is 124 cm³/mol. The number of ether oxygens (including phenoxy) is 3. The van der Waals surface area contributed by atoms with Crippen molar-refractivity contribution in [3.8, 4) is 17.2 Å². The van der Waals surface area contributed by atoms with Gasteiger partial charge in [-0.25, -0.2) is 0 Å². The van der Waals surface area contributed by atoms with Crippen LogP contribution in [0.25, 0.3) is 0 Å². The van der Waals surface area contributed by atoms with Gasteiger partial charge in [-0.1, -0.05) is 11.6 Å². The van der Waals surface area contributed by atoms with Gasteiger partial charge in [0.05, 0.1) is 0 Å². The Labute approximate surface area is 198 Å². The molecule has 2 heterocycles. The summed E-state index contributed by atoms with van der Waals surface area (Å²) in [4.78, 5) is 29.5. The molecule has 0 unspecified atom stereocenters. The molecule has 176 valence electrons. The number of halogens is 1. The Morgan fingerprint density at radius 2 is 1.73 bits per heavy atom. The van der Waals surface area contributed by atoms with Crippen LogP contribution in [0.4, 0.5) is 0 Å². The Morgan fingerprint density at radius 1 is 1.03 bits per heavy atom. The first-order valence-electron chi connectivity index (χ1n) is 11.0. The fraction of sp³-hybridized carbons (Fsp3) is 0.417. The topological polar surface area (TPSA) is 80.3 Å². The van der Waals surface area contributed by atoms with Gasteiger partial charge in [0.15, 0.2) is 17.1 Å². The van der Waals surface area contributed by atoms with E-state index in [-0.39, 0.29) is 18.6 Å². The zero-order chi connectivity index (χ0) is 23.4. The van der Waals surface area contributed by atoms with Crippen LogP contribution in [0.2, 0.25) is 5.02 Å². The lowest BCUT2D eigenvalue weighted by Gasteiger charge is -2.38. The summed E-state index contributed by atoms with van der Waals surface area (Å²) in [5.41, 5.74) is -0.438. The van der Waals surface area contributed by atoms with Crippen molar-refractivity contribution >= 4 is 23.4 Å². The van der Waals surface area contributed by atoms with Crippen molar-refractivity contribution in [2.24, 2.45) is 0 Å². The van der Waals surface area contributed by atoms with Gasteiger partial charge in [0.25, 0.3) is 11.8 Å². The molecule has 0 radical (unpaired) electrons. The molecule has 0 bridgehead atoms. The third-order valence-electron chi connectivity index (χ3n) is 5.71. The fourth-order valence-electron chi connectivity index (χ4n) is 3.86. The fourth-order valence-corrected chi connectivity index (χ4v) is 3.99. The van der Waals surface area contributed by atoms with Crippen LogP contribution in [0.3, 0.4) is 0 Å². The van der Waals surface area contributed by atoms with Gasteiger partial charge < -0.3 is 24.4 Å². The lowest BCUT2D eigenvalue weighted by molar-refractivity contribution is -0.147. The largest absolute Gasteiger partial charge is 0.478 e. The SMILES string of the molecule is CC(C)(Oc1ccc(Cl)cc1)C(=O)N1CCN(CCNC(=O)c2ccc3c(c2)OCO3)CC1. The molecule has 0 spiro atoms. The molecule has 1 fully saturated rings. The number of nitrogens with zero attached hydrogens (tertiary/aromatic N) is 2. The van der Waals surface area contributed by atoms with E-state index in [0.717, 1.165) is 13.1 Å². The van der Waals surface area contributed by atoms with Crippen molar-refractivity contribution in [2.75, 3.05) is 46.1 Å². The van der Waals surface area contributed by atoms with E-state index in [1.807, 2.05) is 4.90 Å². The maximum absolute atomic E-state index is 13.0. The first-order chi connectivity index (χ1) is 15.8. The predicted octanol–water partition coefficient (Wildman–Crippen LogP) is 2.80. The second-order valence-corrected chi connectivity index (χ2v) is 8.96. The van der Waals surface area contributed by atoms with E-state index in [1.54, 1.807) is 56.3 Å². The van der Waals surface area contributed by atoms with Gasteiger partial charge in [-0.05, 0) is 56.3 Å². The number of hydrogen-bond donors (Lipinski definition) is 1. The Morgan fingerprint density at radius 3 is 2.45 bits per heavy atom. The van der Waals surface area contributed by atoms with Crippen molar-refractivity contribution in [3.63, 3.8) is 0 Å². The van der Waals surface area contributed by atoms with Gasteiger partial charge in [0, 0.05) is 49.9 Å². The zero-order valence-electron chi connectivity index (χ0n) is 18.8. The Balaban J connectivity index is 1.20. The van der Waals surface area contributed by atoms with E-state index in [2.05, 4.69) is 10.2 Å². The Bertz CT molecular complexity index is 1000. The number of carbonyl (C=O) groups is 2. The van der Waals surface area contributed by atoms with E-state index in [0.29, 0.717) is 54.0 Å². The van der Waals surface area contributed by atoms with Crippen LogP contribution in [0.15, 0.2) is 42.5 Å². The first-order valence-corrected chi connectivity index (χ1v) is 11.3. The van der Waals surface area contributed by atoms with Gasteiger partial charge in [0.2, 0.25) is 6.79 Å². The Kier molecular flexibility index (Phi) is 6.95. The summed E-state index contributed by atoms with van der Waals surface area (Å²) in [6, 6.07) is 12.1. The number of carbonyl (C=O) groups excluding carboxylic acids is 2. The zero-order valence-corrected chi connectivity index (χ0v) is 19.6. The summed E-state index contributed by atoms with van der Waals surface area (Å²) in [6.45, 7) is 7.68. The number of nitrogens with one attached hydrogen (secondary N) is 1. The molecule has 1 N–H and O–H groups in total. The van der Waals surface area contributed by atoms with Crippen molar-refractivity contribution in [3.05, 3.63) is 53.1 Å². The molecule has 0 saturated carbocycles. The molecule has 0 aliphatic carbocycles. The number of amides is 2. The maximum Gasteiger partial charge on any atom is 0.266 e. The van der Waals surface area contributed by atoms with E-state index in [9.17, 15) is 9.59 Å². The molecule has 4 rings (SSSR count). The van der Waals surface area contributed by atoms with Crippen LogP contribution in [0.5, 0.6) is 17.2 Å². The molecular formula is C24H28ClN3O5. The van der Waals surface area contributed by atoms with Crippen LogP contribution in [-0.2, 0) is 4.79 Å². The molecule has 2 aliphatic rings. The average Bonchev–Trinajstić information content (AvgIpc) is 3.28. The minimum Gasteiger partial charge on any atom is -0.478 e. The van der Waals surface area contributed by atoms with Gasteiger partial charge >= 0.3 is 0 Å². The molecule has 8 nitrogen and oxygen atoms in total. The van der Waals surface area contributed by atoms with Crippen molar-refractivity contribution in [2.45, 2.75) is 19.4 Å². The molecule has 2 aliphatic heterocycles. The van der Waals surface area contributed by atoms with Crippen molar-refractivity contribution in [1.82, 2.24) is 15.1 Å². The minimum atomic E-state index is -0.978. The van der Waals surface area contributed by atoms with E-state index >= 15 is 0 Å². The summed E-state index contributed by atoms with van der Waals surface area (Å²) >= 11 is 5.92. The van der Waals surface area contributed by atoms with Gasteiger partial charge in [0.1, 0.15) is 5.75 Å². The molecule has 9 heteroatoms. The monoisotopic (exact) mass is 473 g/mol. The molecule has 0 atom stereocenters. The van der Waals surface area contributed by atoms with Crippen molar-refractivity contribution in [1.29, 1.82) is 0 Å².